The first kappa shape index (κ1) is 29.8. The molecule has 1 fully saturated rings. The maximum atomic E-state index is 13.0. The van der Waals surface area contributed by atoms with Gasteiger partial charge in [0.25, 0.3) is 5.91 Å². The van der Waals surface area contributed by atoms with Gasteiger partial charge in [-0.3, -0.25) is 9.69 Å². The van der Waals surface area contributed by atoms with Crippen LogP contribution in [0.3, 0.4) is 0 Å². The molecule has 4 rings (SSSR count). The predicted octanol–water partition coefficient (Wildman–Crippen LogP) is 4.38. The van der Waals surface area contributed by atoms with Crippen LogP contribution in [0.5, 0.6) is 0 Å². The Labute approximate surface area is 227 Å². The summed E-state index contributed by atoms with van der Waals surface area (Å²) in [5.41, 5.74) is 0.907. The number of unbranched alkanes of at least 4 members (excludes halogenated alkanes) is 1. The number of fused-ring (bicyclic) bond motifs is 1. The molecule has 0 unspecified atom stereocenters. The van der Waals surface area contributed by atoms with Gasteiger partial charge in [0.05, 0.1) is 15.3 Å². The van der Waals surface area contributed by atoms with Crippen LogP contribution >= 0.6 is 23.1 Å². The van der Waals surface area contributed by atoms with E-state index in [1.54, 1.807) is 29.2 Å². The molecule has 1 aromatic carbocycles. The van der Waals surface area contributed by atoms with Gasteiger partial charge in [0.2, 0.25) is 0 Å². The number of carbonyl (C=O) groups is 3. The second kappa shape index (κ2) is 13.3. The van der Waals surface area contributed by atoms with Crippen LogP contribution < -0.4 is 4.90 Å². The van der Waals surface area contributed by atoms with Crippen LogP contribution in [0, 0.1) is 6.92 Å². The first-order chi connectivity index (χ1) is 18.0. The molecule has 1 aromatic heterocycles. The SMILES string of the molecule is Cc1cc2c(s1)SCCN(CCCCN1CCN(c3cccc(C(F)(F)F)c3)CC1)C2=O.O=C(O)C(=O)O. The zero-order valence-corrected chi connectivity index (χ0v) is 22.5. The van der Waals surface area contributed by atoms with Crippen molar-refractivity contribution in [1.82, 2.24) is 9.80 Å². The summed E-state index contributed by atoms with van der Waals surface area (Å²) in [7, 11) is 0. The van der Waals surface area contributed by atoms with Gasteiger partial charge in [-0.1, -0.05) is 6.07 Å². The molecule has 208 valence electrons. The summed E-state index contributed by atoms with van der Waals surface area (Å²) in [5, 5.41) is 14.8. The minimum Gasteiger partial charge on any atom is -0.473 e. The number of amides is 1. The number of rotatable bonds is 6. The highest BCUT2D eigenvalue weighted by Gasteiger charge is 2.31. The first-order valence-corrected chi connectivity index (χ1v) is 13.9. The van der Waals surface area contributed by atoms with Crippen molar-refractivity contribution in [2.45, 2.75) is 30.2 Å². The molecule has 0 bridgehead atoms. The van der Waals surface area contributed by atoms with Gasteiger partial charge in [-0.05, 0) is 50.6 Å². The van der Waals surface area contributed by atoms with Crippen LogP contribution in [0.25, 0.3) is 0 Å². The number of aliphatic carboxylic acids is 2. The number of alkyl halides is 3. The number of hydrogen-bond acceptors (Lipinski definition) is 7. The van der Waals surface area contributed by atoms with E-state index in [2.05, 4.69) is 4.90 Å². The Morgan fingerprint density at radius 1 is 0.974 bits per heavy atom. The number of thiophene rings is 1. The van der Waals surface area contributed by atoms with Crippen LogP contribution in [-0.4, -0.2) is 89.4 Å². The number of carbonyl (C=O) groups excluding carboxylic acids is 1. The lowest BCUT2D eigenvalue weighted by Crippen LogP contribution is -2.46. The lowest BCUT2D eigenvalue weighted by Gasteiger charge is -2.36. The van der Waals surface area contributed by atoms with Gasteiger partial charge < -0.3 is 20.0 Å². The van der Waals surface area contributed by atoms with Crippen molar-refractivity contribution in [1.29, 1.82) is 0 Å². The minimum absolute atomic E-state index is 0.157. The quantitative estimate of drug-likeness (QED) is 0.388. The molecule has 0 spiro atoms. The van der Waals surface area contributed by atoms with Crippen molar-refractivity contribution in [3.05, 3.63) is 46.3 Å². The standard InChI is InChI=1S/C23H28F3N3OS2.C2H2O4/c1-17-15-20-21(30)29(13-14-31-22(20)32-17)8-3-2-7-27-9-11-28(12-10-27)19-6-4-5-18(16-19)23(24,25)26;3-1(4)2(5)6/h4-6,15-16H,2-3,7-14H2,1H3;(H,3,4)(H,5,6). The number of hydrogen-bond donors (Lipinski definition) is 2. The van der Waals surface area contributed by atoms with Crippen molar-refractivity contribution in [3.8, 4) is 0 Å². The average Bonchev–Trinajstić information content (AvgIpc) is 3.19. The number of benzene rings is 1. The highest BCUT2D eigenvalue weighted by atomic mass is 32.2. The van der Waals surface area contributed by atoms with E-state index in [0.717, 1.165) is 80.2 Å². The number of thioether (sulfide) groups is 1. The fraction of sp³-hybridized carbons (Fsp3) is 0.480. The van der Waals surface area contributed by atoms with Crippen molar-refractivity contribution < 1.29 is 37.8 Å². The van der Waals surface area contributed by atoms with Crippen LogP contribution in [0.1, 0.15) is 33.6 Å². The second-order valence-corrected chi connectivity index (χ2v) is 11.5. The molecule has 8 nitrogen and oxygen atoms in total. The summed E-state index contributed by atoms with van der Waals surface area (Å²) in [6.07, 6.45) is -2.34. The Morgan fingerprint density at radius 3 is 2.26 bits per heavy atom. The van der Waals surface area contributed by atoms with E-state index in [9.17, 15) is 18.0 Å². The van der Waals surface area contributed by atoms with Crippen molar-refractivity contribution in [2.24, 2.45) is 0 Å². The van der Waals surface area contributed by atoms with Crippen LogP contribution in [0.2, 0.25) is 0 Å². The molecule has 0 aliphatic carbocycles. The van der Waals surface area contributed by atoms with Crippen molar-refractivity contribution in [3.63, 3.8) is 0 Å². The van der Waals surface area contributed by atoms with Gasteiger partial charge in [0, 0.05) is 55.6 Å². The first-order valence-electron chi connectivity index (χ1n) is 12.1. The Balaban J connectivity index is 0.000000599. The summed E-state index contributed by atoms with van der Waals surface area (Å²) < 4.78 is 40.1. The van der Waals surface area contributed by atoms with Gasteiger partial charge in [-0.25, -0.2) is 9.59 Å². The molecule has 2 aliphatic heterocycles. The Hall–Kier alpha value is -2.77. The van der Waals surface area contributed by atoms with Gasteiger partial charge in [0.15, 0.2) is 0 Å². The summed E-state index contributed by atoms with van der Waals surface area (Å²) in [6.45, 7) is 7.70. The fourth-order valence-corrected chi connectivity index (χ4v) is 6.63. The maximum Gasteiger partial charge on any atom is 0.416 e. The molecule has 13 heteroatoms. The van der Waals surface area contributed by atoms with E-state index in [0.29, 0.717) is 5.69 Å². The smallest absolute Gasteiger partial charge is 0.416 e. The van der Waals surface area contributed by atoms with E-state index < -0.39 is 23.7 Å². The van der Waals surface area contributed by atoms with E-state index in [1.807, 2.05) is 22.8 Å². The molecule has 3 heterocycles. The Morgan fingerprint density at radius 2 is 1.63 bits per heavy atom. The molecule has 0 saturated carbocycles. The van der Waals surface area contributed by atoms with Gasteiger partial charge >= 0.3 is 18.1 Å². The largest absolute Gasteiger partial charge is 0.473 e. The zero-order valence-electron chi connectivity index (χ0n) is 20.9. The summed E-state index contributed by atoms with van der Waals surface area (Å²) in [6, 6.07) is 7.60. The number of carboxylic acids is 2. The molecular formula is C25H30F3N3O5S2. The summed E-state index contributed by atoms with van der Waals surface area (Å²) in [4.78, 5) is 38.6. The second-order valence-electron chi connectivity index (χ2n) is 8.89. The molecule has 1 saturated heterocycles. The van der Waals surface area contributed by atoms with E-state index in [-0.39, 0.29) is 5.91 Å². The van der Waals surface area contributed by atoms with E-state index in [1.165, 1.54) is 17.0 Å². The van der Waals surface area contributed by atoms with Gasteiger partial charge in [-0.15, -0.1) is 23.1 Å². The third-order valence-corrected chi connectivity index (χ3v) is 8.50. The number of carboxylic acid groups (broad SMARTS) is 2. The molecule has 38 heavy (non-hydrogen) atoms. The molecule has 2 N–H and O–H groups in total. The molecule has 2 aromatic rings. The Kier molecular flexibility index (Phi) is 10.5. The van der Waals surface area contributed by atoms with Gasteiger partial charge in [-0.2, -0.15) is 13.2 Å². The van der Waals surface area contributed by atoms with Gasteiger partial charge in [0.1, 0.15) is 0 Å². The summed E-state index contributed by atoms with van der Waals surface area (Å²) in [5.74, 6) is -2.55. The van der Waals surface area contributed by atoms with E-state index in [4.69, 9.17) is 19.8 Å². The number of anilines is 1. The lowest BCUT2D eigenvalue weighted by molar-refractivity contribution is -0.159. The van der Waals surface area contributed by atoms with Crippen LogP contribution in [-0.2, 0) is 15.8 Å². The topological polar surface area (TPSA) is 101 Å². The fourth-order valence-electron chi connectivity index (χ4n) is 4.23. The monoisotopic (exact) mass is 573 g/mol. The predicted molar refractivity (Wildman–Crippen MR) is 140 cm³/mol. The highest BCUT2D eigenvalue weighted by molar-refractivity contribution is 8.01. The molecule has 1 amide bonds. The van der Waals surface area contributed by atoms with Crippen LogP contribution in [0.15, 0.2) is 34.5 Å². The van der Waals surface area contributed by atoms with E-state index >= 15 is 0 Å². The number of piperazine rings is 1. The number of aryl methyl sites for hydroxylation is 1. The van der Waals surface area contributed by atoms with Crippen LogP contribution in [0.4, 0.5) is 18.9 Å². The maximum absolute atomic E-state index is 13.0. The lowest BCUT2D eigenvalue weighted by atomic mass is 10.1. The molecule has 0 atom stereocenters. The highest BCUT2D eigenvalue weighted by Crippen LogP contribution is 2.35. The molecular weight excluding hydrogens is 543 g/mol. The number of halogens is 3. The van der Waals surface area contributed by atoms with Crippen molar-refractivity contribution in [2.75, 3.05) is 56.5 Å². The summed E-state index contributed by atoms with van der Waals surface area (Å²) >= 11 is 3.49. The zero-order chi connectivity index (χ0) is 27.9. The third kappa shape index (κ3) is 8.37. The molecule has 2 aliphatic rings. The number of nitrogens with zero attached hydrogens (tertiary/aromatic N) is 3. The third-order valence-electron chi connectivity index (χ3n) is 6.18. The van der Waals surface area contributed by atoms with Crippen molar-refractivity contribution >= 4 is 46.6 Å². The Bertz CT molecular complexity index is 1120. The average molecular weight is 574 g/mol. The molecule has 0 radical (unpaired) electrons. The minimum atomic E-state index is -4.31. The normalized spacial score (nSPS) is 16.4.